The van der Waals surface area contributed by atoms with E-state index in [9.17, 15) is 26.3 Å². The maximum absolute atomic E-state index is 13.5. The first-order valence-corrected chi connectivity index (χ1v) is 9.03. The molecule has 0 aromatic heterocycles. The predicted molar refractivity (Wildman–Crippen MR) is 99.5 cm³/mol. The second kappa shape index (κ2) is 8.96. The van der Waals surface area contributed by atoms with Gasteiger partial charge in [0.25, 0.3) is 0 Å². The molecule has 2 atom stereocenters. The van der Waals surface area contributed by atoms with E-state index < -0.39 is 35.8 Å². The van der Waals surface area contributed by atoms with Gasteiger partial charge in [-0.25, -0.2) is 0 Å². The standard InChI is InChI=1S/C20H15F6N3O3/c21-19(22,23)17-7-14(4-3-13(17)8-27)29-10-16(32-18(29)20(24,25)26)11-31-15-5-1-12(2-6-15)9-28-30/h1-7,9,16,18,30H,10-11H2/b28-9+. The number of halogens is 6. The lowest BCUT2D eigenvalue weighted by molar-refractivity contribution is -0.215. The molecule has 32 heavy (non-hydrogen) atoms. The Labute approximate surface area is 177 Å². The number of benzene rings is 2. The SMILES string of the molecule is N#Cc1ccc(N2CC(COc3ccc(/C=N/O)cc3)OC2C(F)(F)F)cc1C(F)(F)F. The molecule has 0 saturated carbocycles. The van der Waals surface area contributed by atoms with Crippen LogP contribution in [0.5, 0.6) is 5.75 Å². The molecule has 0 spiro atoms. The Morgan fingerprint density at radius 1 is 1.16 bits per heavy atom. The van der Waals surface area contributed by atoms with Crippen LogP contribution in [0.3, 0.4) is 0 Å². The van der Waals surface area contributed by atoms with Crippen LogP contribution in [0, 0.1) is 11.3 Å². The first-order chi connectivity index (χ1) is 15.0. The highest BCUT2D eigenvalue weighted by molar-refractivity contribution is 5.79. The lowest BCUT2D eigenvalue weighted by Crippen LogP contribution is -2.42. The van der Waals surface area contributed by atoms with Crippen molar-refractivity contribution in [3.8, 4) is 11.8 Å². The number of alkyl halides is 6. The van der Waals surface area contributed by atoms with Crippen LogP contribution in [0.1, 0.15) is 16.7 Å². The van der Waals surface area contributed by atoms with Gasteiger partial charge in [-0.05, 0) is 48.0 Å². The van der Waals surface area contributed by atoms with Gasteiger partial charge in [0.15, 0.2) is 0 Å². The molecule has 1 saturated heterocycles. The molecule has 0 radical (unpaired) electrons. The lowest BCUT2D eigenvalue weighted by Gasteiger charge is -2.27. The first kappa shape index (κ1) is 23.2. The van der Waals surface area contributed by atoms with Crippen molar-refractivity contribution in [2.75, 3.05) is 18.1 Å². The summed E-state index contributed by atoms with van der Waals surface area (Å²) >= 11 is 0. The fourth-order valence-corrected chi connectivity index (χ4v) is 3.15. The summed E-state index contributed by atoms with van der Waals surface area (Å²) in [7, 11) is 0. The zero-order valence-corrected chi connectivity index (χ0v) is 16.1. The molecule has 1 fully saturated rings. The van der Waals surface area contributed by atoms with Gasteiger partial charge in [0.2, 0.25) is 6.23 Å². The number of oxime groups is 1. The Bertz CT molecular complexity index is 1020. The third-order valence-electron chi connectivity index (χ3n) is 4.57. The maximum atomic E-state index is 13.5. The number of rotatable bonds is 5. The van der Waals surface area contributed by atoms with Gasteiger partial charge < -0.3 is 19.6 Å². The van der Waals surface area contributed by atoms with Crippen LogP contribution in [0.2, 0.25) is 0 Å². The molecule has 2 aromatic rings. The third kappa shape index (κ3) is 5.23. The van der Waals surface area contributed by atoms with Gasteiger partial charge in [-0.3, -0.25) is 0 Å². The molecule has 3 rings (SSSR count). The summed E-state index contributed by atoms with van der Waals surface area (Å²) in [5.74, 6) is 0.309. The van der Waals surface area contributed by atoms with Crippen LogP contribution in [0.4, 0.5) is 32.0 Å². The highest BCUT2D eigenvalue weighted by Gasteiger charge is 2.51. The number of nitriles is 1. The zero-order valence-electron chi connectivity index (χ0n) is 16.1. The van der Waals surface area contributed by atoms with Crippen LogP contribution in [-0.4, -0.2) is 43.1 Å². The minimum Gasteiger partial charge on any atom is -0.491 e. The first-order valence-electron chi connectivity index (χ1n) is 9.03. The van der Waals surface area contributed by atoms with Gasteiger partial charge in [0.1, 0.15) is 18.5 Å². The molecular formula is C20H15F6N3O3. The minimum atomic E-state index is -4.91. The topological polar surface area (TPSA) is 78.1 Å². The van der Waals surface area contributed by atoms with Crippen molar-refractivity contribution in [3.05, 3.63) is 59.2 Å². The summed E-state index contributed by atoms with van der Waals surface area (Å²) in [5.41, 5.74) is -1.85. The molecule has 1 N–H and O–H groups in total. The Kier molecular flexibility index (Phi) is 6.50. The van der Waals surface area contributed by atoms with Crippen molar-refractivity contribution >= 4 is 11.9 Å². The molecule has 0 amide bonds. The molecule has 2 aromatic carbocycles. The molecule has 6 nitrogen and oxygen atoms in total. The number of ether oxygens (including phenoxy) is 2. The summed E-state index contributed by atoms with van der Waals surface area (Å²) in [6.07, 6.45) is -12.2. The fraction of sp³-hybridized carbons (Fsp3) is 0.300. The van der Waals surface area contributed by atoms with E-state index in [4.69, 9.17) is 19.9 Å². The smallest absolute Gasteiger partial charge is 0.433 e. The molecule has 1 heterocycles. The fourth-order valence-electron chi connectivity index (χ4n) is 3.15. The number of hydrogen-bond donors (Lipinski definition) is 1. The van der Waals surface area contributed by atoms with Crippen LogP contribution >= 0.6 is 0 Å². The highest BCUT2D eigenvalue weighted by Crippen LogP contribution is 2.39. The van der Waals surface area contributed by atoms with E-state index in [1.54, 1.807) is 12.1 Å². The molecule has 170 valence electrons. The van der Waals surface area contributed by atoms with Gasteiger partial charge in [-0.15, -0.1) is 0 Å². The van der Waals surface area contributed by atoms with Crippen molar-refractivity contribution in [1.29, 1.82) is 5.26 Å². The minimum absolute atomic E-state index is 0.293. The lowest BCUT2D eigenvalue weighted by atomic mass is 10.1. The van der Waals surface area contributed by atoms with Gasteiger partial charge in [-0.2, -0.15) is 31.6 Å². The maximum Gasteiger partial charge on any atom is 0.433 e. The zero-order chi connectivity index (χ0) is 23.5. The largest absolute Gasteiger partial charge is 0.491 e. The van der Waals surface area contributed by atoms with E-state index in [2.05, 4.69) is 5.16 Å². The normalized spacial score (nSPS) is 19.3. The van der Waals surface area contributed by atoms with Crippen LogP contribution < -0.4 is 9.64 Å². The number of hydrogen-bond acceptors (Lipinski definition) is 6. The Morgan fingerprint density at radius 2 is 1.84 bits per heavy atom. The van der Waals surface area contributed by atoms with Crippen molar-refractivity contribution in [3.63, 3.8) is 0 Å². The van der Waals surface area contributed by atoms with Crippen LogP contribution in [0.15, 0.2) is 47.6 Å². The number of anilines is 1. The summed E-state index contributed by atoms with van der Waals surface area (Å²) in [4.78, 5) is 0.658. The van der Waals surface area contributed by atoms with Gasteiger partial charge >= 0.3 is 12.4 Å². The molecule has 0 bridgehead atoms. The van der Waals surface area contributed by atoms with Crippen molar-refractivity contribution in [1.82, 2.24) is 0 Å². The van der Waals surface area contributed by atoms with E-state index in [1.807, 2.05) is 0 Å². The Hall–Kier alpha value is -3.46. The summed E-state index contributed by atoms with van der Waals surface area (Å²) in [6.45, 7) is -0.679. The molecule has 12 heteroatoms. The highest BCUT2D eigenvalue weighted by atomic mass is 19.4. The average Bonchev–Trinajstić information content (AvgIpc) is 3.17. The molecule has 1 aliphatic heterocycles. The van der Waals surface area contributed by atoms with Gasteiger partial charge in [0, 0.05) is 5.69 Å². The van der Waals surface area contributed by atoms with E-state index >= 15 is 0 Å². The van der Waals surface area contributed by atoms with Crippen molar-refractivity contribution < 1.29 is 41.0 Å². The molecule has 2 unspecified atom stereocenters. The third-order valence-corrected chi connectivity index (χ3v) is 4.57. The molecule has 0 aliphatic carbocycles. The van der Waals surface area contributed by atoms with Gasteiger partial charge in [-0.1, -0.05) is 5.16 Å². The van der Waals surface area contributed by atoms with E-state index in [1.165, 1.54) is 24.4 Å². The van der Waals surface area contributed by atoms with Crippen LogP contribution in [0.25, 0.3) is 0 Å². The number of nitrogens with zero attached hydrogens (tertiary/aromatic N) is 3. The summed E-state index contributed by atoms with van der Waals surface area (Å²) in [6, 6.07) is 9.83. The summed E-state index contributed by atoms with van der Waals surface area (Å²) < 4.78 is 90.7. The van der Waals surface area contributed by atoms with Crippen molar-refractivity contribution in [2.24, 2.45) is 5.16 Å². The predicted octanol–water partition coefficient (Wildman–Crippen LogP) is 4.56. The van der Waals surface area contributed by atoms with Crippen LogP contribution in [-0.2, 0) is 10.9 Å². The Morgan fingerprint density at radius 3 is 2.41 bits per heavy atom. The quantitative estimate of drug-likeness (QED) is 0.307. The second-order valence-electron chi connectivity index (χ2n) is 6.77. The van der Waals surface area contributed by atoms with Gasteiger partial charge in [0.05, 0.1) is 30.0 Å². The van der Waals surface area contributed by atoms with E-state index in [-0.39, 0.29) is 18.8 Å². The van der Waals surface area contributed by atoms with E-state index in [0.717, 1.165) is 12.1 Å². The van der Waals surface area contributed by atoms with Crippen molar-refractivity contribution in [2.45, 2.75) is 24.7 Å². The molecule has 1 aliphatic rings. The average molecular weight is 459 g/mol. The summed E-state index contributed by atoms with van der Waals surface area (Å²) in [5, 5.41) is 20.2. The Balaban J connectivity index is 1.80. The monoisotopic (exact) mass is 459 g/mol. The van der Waals surface area contributed by atoms with E-state index in [0.29, 0.717) is 22.3 Å². The second-order valence-corrected chi connectivity index (χ2v) is 6.77. The molecular weight excluding hydrogens is 444 g/mol.